The van der Waals surface area contributed by atoms with Crippen LogP contribution < -0.4 is 9.91 Å². The number of para-hydroxylation sites is 2. The second-order valence-electron chi connectivity index (χ2n) is 6.55. The molecule has 0 saturated heterocycles. The molecular weight excluding hydrogens is 442 g/mol. The number of hydrogen-bond donors (Lipinski definition) is 0. The molecular formula is C21H18ClN3O3S2. The molecule has 0 aliphatic carbocycles. The summed E-state index contributed by atoms with van der Waals surface area (Å²) in [6.45, 7) is 3.34. The first-order valence-corrected chi connectivity index (χ1v) is 11.1. The van der Waals surface area contributed by atoms with E-state index in [2.05, 4.69) is 5.10 Å². The molecule has 1 spiro atoms. The first-order valence-electron chi connectivity index (χ1n) is 9.06. The zero-order chi connectivity index (χ0) is 21.5. The van der Waals surface area contributed by atoms with Crippen LogP contribution in [0.3, 0.4) is 0 Å². The Labute approximate surface area is 187 Å². The lowest BCUT2D eigenvalue weighted by Crippen LogP contribution is -2.49. The van der Waals surface area contributed by atoms with Crippen molar-refractivity contribution in [2.45, 2.75) is 18.2 Å². The summed E-state index contributed by atoms with van der Waals surface area (Å²) >= 11 is 9.09. The number of anilines is 2. The number of ether oxygens (including phenoxy) is 1. The number of methoxy groups -OCH3 is 1. The van der Waals surface area contributed by atoms with Crippen LogP contribution in [0, 0.1) is 0 Å². The van der Waals surface area contributed by atoms with Gasteiger partial charge in [0.2, 0.25) is 4.33 Å². The number of carbonyl (C=O) groups excluding carboxylic acids is 2. The highest BCUT2D eigenvalue weighted by molar-refractivity contribution is 8.29. The minimum absolute atomic E-state index is 0.160. The molecule has 2 aliphatic rings. The molecule has 2 heterocycles. The first kappa shape index (κ1) is 20.8. The highest BCUT2D eigenvalue weighted by Gasteiger charge is 2.58. The lowest BCUT2D eigenvalue weighted by atomic mass is 10.2. The molecule has 0 aromatic heterocycles. The van der Waals surface area contributed by atoms with Gasteiger partial charge in [0.15, 0.2) is 10.8 Å². The minimum Gasteiger partial charge on any atom is -0.465 e. The third-order valence-electron chi connectivity index (χ3n) is 4.64. The Kier molecular flexibility index (Phi) is 5.57. The Morgan fingerprint density at radius 2 is 1.73 bits per heavy atom. The van der Waals surface area contributed by atoms with Crippen molar-refractivity contribution in [1.82, 2.24) is 0 Å². The summed E-state index contributed by atoms with van der Waals surface area (Å²) in [7, 11) is 1.35. The largest absolute Gasteiger partial charge is 0.465 e. The molecule has 0 saturated carbocycles. The van der Waals surface area contributed by atoms with Gasteiger partial charge < -0.3 is 9.64 Å². The number of carbonyl (C=O) groups is 2. The molecule has 2 aromatic carbocycles. The molecule has 9 heteroatoms. The summed E-state index contributed by atoms with van der Waals surface area (Å²) in [5, 5.41) is 7.16. The van der Waals surface area contributed by atoms with Crippen molar-refractivity contribution in [1.29, 1.82) is 0 Å². The van der Waals surface area contributed by atoms with E-state index in [0.717, 1.165) is 5.69 Å². The third-order valence-corrected chi connectivity index (χ3v) is 7.93. The fraction of sp³-hybridized carbons (Fsp3) is 0.190. The van der Waals surface area contributed by atoms with Crippen LogP contribution in [0.1, 0.15) is 13.8 Å². The summed E-state index contributed by atoms with van der Waals surface area (Å²) in [5.41, 5.74) is 2.20. The quantitative estimate of drug-likeness (QED) is 0.592. The van der Waals surface area contributed by atoms with E-state index in [1.807, 2.05) is 60.4 Å². The fourth-order valence-corrected chi connectivity index (χ4v) is 6.48. The normalized spacial score (nSPS) is 20.7. The van der Waals surface area contributed by atoms with Crippen molar-refractivity contribution in [2.75, 3.05) is 17.0 Å². The second kappa shape index (κ2) is 8.02. The van der Waals surface area contributed by atoms with E-state index in [1.54, 1.807) is 11.1 Å². The van der Waals surface area contributed by atoms with E-state index in [-0.39, 0.29) is 5.78 Å². The summed E-state index contributed by atoms with van der Waals surface area (Å²) in [6.07, 6.45) is 0. The Morgan fingerprint density at radius 3 is 2.37 bits per heavy atom. The van der Waals surface area contributed by atoms with Crippen LogP contribution in [0.5, 0.6) is 0 Å². The van der Waals surface area contributed by atoms with Gasteiger partial charge >= 0.3 is 5.97 Å². The summed E-state index contributed by atoms with van der Waals surface area (Å²) in [6, 6.07) is 17.0. The van der Waals surface area contributed by atoms with Crippen molar-refractivity contribution in [3.8, 4) is 0 Å². The van der Waals surface area contributed by atoms with Crippen LogP contribution in [0.4, 0.5) is 11.4 Å². The zero-order valence-corrected chi connectivity index (χ0v) is 18.8. The standard InChI is InChI=1S/C21H18ClN3O3S2/c1-13-18(20(27)28-3)29-21(24(13)15-9-5-4-6-10-15)25(23-19(30-21)14(2)26)17-12-8-7-11-16(17)22/h4-12H,1-3H3/t21-/m1/s1. The number of hydrogen-bond acceptors (Lipinski definition) is 8. The molecule has 6 nitrogen and oxygen atoms in total. The van der Waals surface area contributed by atoms with Crippen molar-refractivity contribution in [2.24, 2.45) is 5.10 Å². The van der Waals surface area contributed by atoms with Crippen LogP contribution >= 0.6 is 35.1 Å². The van der Waals surface area contributed by atoms with Crippen LogP contribution in [0.25, 0.3) is 0 Å². The van der Waals surface area contributed by atoms with Gasteiger partial charge in [-0.05, 0) is 43.0 Å². The number of benzene rings is 2. The van der Waals surface area contributed by atoms with Crippen LogP contribution in [-0.2, 0) is 14.3 Å². The van der Waals surface area contributed by atoms with E-state index in [9.17, 15) is 9.59 Å². The predicted molar refractivity (Wildman–Crippen MR) is 124 cm³/mol. The van der Waals surface area contributed by atoms with Crippen molar-refractivity contribution >= 4 is 63.3 Å². The Balaban J connectivity index is 1.94. The van der Waals surface area contributed by atoms with Gasteiger partial charge in [-0.3, -0.25) is 4.79 Å². The minimum atomic E-state index is -0.985. The molecule has 0 unspecified atom stereocenters. The van der Waals surface area contributed by atoms with Gasteiger partial charge in [0.25, 0.3) is 0 Å². The van der Waals surface area contributed by atoms with Crippen LogP contribution in [0.2, 0.25) is 5.02 Å². The molecule has 0 bridgehead atoms. The van der Waals surface area contributed by atoms with Gasteiger partial charge in [-0.25, -0.2) is 9.80 Å². The maximum absolute atomic E-state index is 12.6. The maximum Gasteiger partial charge on any atom is 0.346 e. The maximum atomic E-state index is 12.6. The molecule has 0 amide bonds. The number of allylic oxidation sites excluding steroid dienone is 1. The number of Topliss-reactive ketones (excluding diaryl/α,β-unsaturated/α-hetero) is 1. The number of ketones is 1. The number of rotatable bonds is 4. The summed E-state index contributed by atoms with van der Waals surface area (Å²) < 4.78 is 4.04. The van der Waals surface area contributed by atoms with Gasteiger partial charge in [0.1, 0.15) is 4.91 Å². The van der Waals surface area contributed by atoms with Gasteiger partial charge in [-0.15, -0.1) is 0 Å². The number of esters is 1. The second-order valence-corrected chi connectivity index (χ2v) is 9.56. The molecule has 0 N–H and O–H groups in total. The monoisotopic (exact) mass is 459 g/mol. The van der Waals surface area contributed by atoms with Crippen molar-refractivity contribution in [3.63, 3.8) is 0 Å². The summed E-state index contributed by atoms with van der Waals surface area (Å²) in [5.74, 6) is -0.599. The molecule has 30 heavy (non-hydrogen) atoms. The molecule has 0 fully saturated rings. The number of nitrogens with zero attached hydrogens (tertiary/aromatic N) is 3. The number of thioether (sulfide) groups is 2. The first-order chi connectivity index (χ1) is 14.4. The van der Waals surface area contributed by atoms with Gasteiger partial charge in [0.05, 0.1) is 17.8 Å². The van der Waals surface area contributed by atoms with E-state index in [4.69, 9.17) is 16.3 Å². The average molecular weight is 460 g/mol. The SMILES string of the molecule is COC(=O)C1=C(C)N(c2ccccc2)[C@]2(SC(C(C)=O)=NN2c2ccccc2Cl)S1. The number of hydrazone groups is 1. The van der Waals surface area contributed by atoms with E-state index in [0.29, 0.717) is 26.4 Å². The predicted octanol–water partition coefficient (Wildman–Crippen LogP) is 5.06. The smallest absolute Gasteiger partial charge is 0.346 e. The lowest BCUT2D eigenvalue weighted by molar-refractivity contribution is -0.135. The highest BCUT2D eigenvalue weighted by Crippen LogP contribution is 2.60. The van der Waals surface area contributed by atoms with Crippen LogP contribution in [-0.4, -0.2) is 28.2 Å². The Morgan fingerprint density at radius 1 is 1.07 bits per heavy atom. The number of halogens is 1. The molecule has 0 radical (unpaired) electrons. The van der Waals surface area contributed by atoms with E-state index < -0.39 is 10.3 Å². The van der Waals surface area contributed by atoms with Crippen molar-refractivity contribution < 1.29 is 14.3 Å². The lowest BCUT2D eigenvalue weighted by Gasteiger charge is -2.41. The third kappa shape index (κ3) is 3.29. The van der Waals surface area contributed by atoms with E-state index >= 15 is 0 Å². The highest BCUT2D eigenvalue weighted by atomic mass is 35.5. The fourth-order valence-electron chi connectivity index (χ4n) is 3.30. The van der Waals surface area contributed by atoms with E-state index in [1.165, 1.54) is 37.6 Å². The zero-order valence-electron chi connectivity index (χ0n) is 16.5. The molecule has 2 aliphatic heterocycles. The van der Waals surface area contributed by atoms with Crippen LogP contribution in [0.15, 0.2) is 70.3 Å². The van der Waals surface area contributed by atoms with Gasteiger partial charge in [0, 0.05) is 18.3 Å². The molecule has 1 atom stereocenters. The molecule has 2 aromatic rings. The van der Waals surface area contributed by atoms with Crippen molar-refractivity contribution in [3.05, 3.63) is 70.2 Å². The van der Waals surface area contributed by atoms with Gasteiger partial charge in [-0.2, -0.15) is 5.10 Å². The van der Waals surface area contributed by atoms with Gasteiger partial charge in [-0.1, -0.05) is 53.7 Å². The topological polar surface area (TPSA) is 62.2 Å². The molecule has 154 valence electrons. The average Bonchev–Trinajstić information content (AvgIpc) is 3.26. The molecule has 4 rings (SSSR count). The Hall–Kier alpha value is -2.42. The Bertz CT molecular complexity index is 1090. The summed E-state index contributed by atoms with van der Waals surface area (Å²) in [4.78, 5) is 27.3.